The van der Waals surface area contributed by atoms with Crippen LogP contribution in [0.25, 0.3) is 10.9 Å². The zero-order chi connectivity index (χ0) is 94.0. The summed E-state index contributed by atoms with van der Waals surface area (Å²) in [5.41, 5.74) is 1.78. The second-order valence-electron chi connectivity index (χ2n) is 30.0. The summed E-state index contributed by atoms with van der Waals surface area (Å²) in [4.78, 5) is 183. The maximum Gasteiger partial charge on any atom is 0.326 e. The molecule has 2 aromatic carbocycles. The maximum atomic E-state index is 14.2. The van der Waals surface area contributed by atoms with Gasteiger partial charge >= 0.3 is 11.9 Å². The first-order chi connectivity index (χ1) is 62.5. The van der Waals surface area contributed by atoms with Gasteiger partial charge in [0.15, 0.2) is 0 Å². The Morgan fingerprint density at radius 2 is 0.713 bits per heavy atom. The van der Waals surface area contributed by atoms with E-state index in [1.165, 1.54) is 138 Å². The van der Waals surface area contributed by atoms with Gasteiger partial charge in [0.2, 0.25) is 70.9 Å². The number of amides is 12. The Hall–Kier alpha value is -9.34. The van der Waals surface area contributed by atoms with Gasteiger partial charge in [-0.1, -0.05) is 134 Å². The van der Waals surface area contributed by atoms with E-state index in [1.807, 2.05) is 18.2 Å². The van der Waals surface area contributed by atoms with Crippen LogP contribution in [-0.2, 0) is 127 Å². The number of carbonyl (C=O) groups excluding carboxylic acids is 12. The molecule has 40 nitrogen and oxygen atoms in total. The van der Waals surface area contributed by atoms with Crippen molar-refractivity contribution in [3.63, 3.8) is 0 Å². The molecule has 0 saturated carbocycles. The van der Waals surface area contributed by atoms with Crippen LogP contribution in [0, 0.1) is 0 Å². The molecule has 5 atom stereocenters. The normalized spacial score (nSPS) is 12.3. The lowest BCUT2D eigenvalue weighted by molar-refractivity contribution is -0.142. The van der Waals surface area contributed by atoms with Gasteiger partial charge in [-0.3, -0.25) is 62.3 Å². The van der Waals surface area contributed by atoms with Crippen LogP contribution in [0.4, 0.5) is 0 Å². The third kappa shape index (κ3) is 60.3. The van der Waals surface area contributed by atoms with Gasteiger partial charge < -0.3 is 131 Å². The smallest absolute Gasteiger partial charge is 0.326 e. The van der Waals surface area contributed by atoms with Crippen molar-refractivity contribution in [3.8, 4) is 5.75 Å². The number of aliphatic carboxylic acids is 2. The summed E-state index contributed by atoms with van der Waals surface area (Å²) >= 11 is 2.71. The third-order valence-corrected chi connectivity index (χ3v) is 20.5. The highest BCUT2D eigenvalue weighted by Gasteiger charge is 2.33. The molecule has 0 bridgehead atoms. The number of rotatable bonds is 83. The molecule has 0 aliphatic carbocycles. The molecule has 129 heavy (non-hydrogen) atoms. The minimum atomic E-state index is -1.81. The van der Waals surface area contributed by atoms with E-state index in [2.05, 4.69) is 75.7 Å². The molecule has 0 unspecified atom stereocenters. The van der Waals surface area contributed by atoms with Crippen LogP contribution >= 0.6 is 23.5 Å². The number of nitrogens with one attached hydrogen (secondary N) is 13. The van der Waals surface area contributed by atoms with E-state index in [-0.39, 0.29) is 194 Å². The molecule has 42 heteroatoms. The van der Waals surface area contributed by atoms with Crippen LogP contribution in [0.2, 0.25) is 0 Å². The average Bonchev–Trinajstić information content (AvgIpc) is 1.69. The van der Waals surface area contributed by atoms with Crippen molar-refractivity contribution in [3.05, 3.63) is 65.9 Å². The largest absolute Gasteiger partial charge is 0.508 e. The Balaban J connectivity index is 1.16. The van der Waals surface area contributed by atoms with Crippen LogP contribution in [0.3, 0.4) is 0 Å². The first-order valence-electron chi connectivity index (χ1n) is 44.4. The van der Waals surface area contributed by atoms with Crippen LogP contribution in [0.1, 0.15) is 146 Å². The Labute approximate surface area is 764 Å². The molecule has 0 fully saturated rings. The molecule has 728 valence electrons. The number of aromatic amines is 1. The second kappa shape index (κ2) is 75.3. The Bertz CT molecular complexity index is 3690. The molecule has 0 spiro atoms. The fraction of sp³-hybridized carbons (Fsp3) is 0.678. The van der Waals surface area contributed by atoms with E-state index < -0.39 is 116 Å². The highest BCUT2D eigenvalue weighted by Crippen LogP contribution is 2.21. The van der Waals surface area contributed by atoms with Crippen molar-refractivity contribution in [2.45, 2.75) is 178 Å². The number of phenols is 1. The first-order valence-corrected chi connectivity index (χ1v) is 47.2. The molecule has 0 saturated heterocycles. The van der Waals surface area contributed by atoms with Crippen molar-refractivity contribution in [1.29, 1.82) is 0 Å². The molecular weight excluding hydrogens is 1720 g/mol. The molecule has 0 aliphatic heterocycles. The topological polar surface area (TPSA) is 552 Å². The number of hydrogen-bond acceptors (Lipinski definition) is 27. The van der Waals surface area contributed by atoms with Crippen LogP contribution < -0.4 is 63.8 Å². The summed E-state index contributed by atoms with van der Waals surface area (Å²) < 4.78 is 53.8. The number of carbonyl (C=O) groups is 14. The molecule has 3 rings (SSSR count). The number of carboxylic acid groups (broad SMARTS) is 2. The number of carboxylic acids is 2. The molecule has 0 radical (unpaired) electrons. The van der Waals surface area contributed by atoms with Gasteiger partial charge in [0.1, 0.15) is 69.0 Å². The number of phenolic OH excluding ortho intramolecular Hbond substituents is 1. The summed E-state index contributed by atoms with van der Waals surface area (Å²) in [5, 5.41) is 61.0. The van der Waals surface area contributed by atoms with Gasteiger partial charge in [-0.15, -0.1) is 0 Å². The zero-order valence-electron chi connectivity index (χ0n) is 75.1. The van der Waals surface area contributed by atoms with Crippen LogP contribution in [0.15, 0.2) is 54.7 Å². The van der Waals surface area contributed by atoms with Gasteiger partial charge in [-0.25, -0.2) is 4.79 Å². The first kappa shape index (κ1) is 114. The molecule has 1 heterocycles. The quantitative estimate of drug-likeness (QED) is 0.0358. The summed E-state index contributed by atoms with van der Waals surface area (Å²) in [5.74, 6) is -9.89. The minimum absolute atomic E-state index is 0.000751. The van der Waals surface area contributed by atoms with E-state index in [0.29, 0.717) is 48.8 Å². The molecule has 0 aliphatic rings. The Kier molecular flexibility index (Phi) is 66.5. The number of aromatic nitrogens is 1. The highest BCUT2D eigenvalue weighted by molar-refractivity contribution is 7.98. The van der Waals surface area contributed by atoms with Crippen molar-refractivity contribution in [1.82, 2.24) is 68.8 Å². The highest BCUT2D eigenvalue weighted by atomic mass is 32.2. The van der Waals surface area contributed by atoms with Gasteiger partial charge in [0, 0.05) is 69.1 Å². The van der Waals surface area contributed by atoms with Crippen LogP contribution in [0.5, 0.6) is 5.75 Å². The molecule has 16 N–H and O–H groups in total. The molecule has 3 aromatic rings. The maximum absolute atomic E-state index is 14.2. The van der Waals surface area contributed by atoms with Gasteiger partial charge in [0.05, 0.1) is 119 Å². The number of thioether (sulfide) groups is 2. The Morgan fingerprint density at radius 1 is 0.357 bits per heavy atom. The number of aromatic hydroxyl groups is 1. The number of ether oxygens (including phenoxy) is 10. The fourth-order valence-corrected chi connectivity index (χ4v) is 13.3. The summed E-state index contributed by atoms with van der Waals surface area (Å²) in [6.45, 7) is 3.26. The second-order valence-corrected chi connectivity index (χ2v) is 32.0. The van der Waals surface area contributed by atoms with E-state index >= 15 is 0 Å². The number of para-hydroxylation sites is 1. The van der Waals surface area contributed by atoms with Gasteiger partial charge in [0.25, 0.3) is 0 Å². The lowest BCUT2D eigenvalue weighted by Gasteiger charge is -2.25. The average molecular weight is 1870 g/mol. The third-order valence-electron chi connectivity index (χ3n) is 19.3. The number of unbranched alkanes of at least 4 members (excludes halogenated alkanes) is 15. The summed E-state index contributed by atoms with van der Waals surface area (Å²) in [6.07, 6.45) is 25.2. The molecule has 1 aromatic heterocycles. The van der Waals surface area contributed by atoms with Crippen molar-refractivity contribution in [2.24, 2.45) is 0 Å². The molecule has 12 amide bonds. The number of hydrogen-bond donors (Lipinski definition) is 16. The number of fused-ring (bicyclic) bond motifs is 1. The van der Waals surface area contributed by atoms with Crippen molar-refractivity contribution < 1.29 is 130 Å². The Morgan fingerprint density at radius 3 is 1.14 bits per heavy atom. The van der Waals surface area contributed by atoms with E-state index in [9.17, 15) is 82.4 Å². The van der Waals surface area contributed by atoms with E-state index in [1.54, 1.807) is 24.8 Å². The van der Waals surface area contributed by atoms with Crippen molar-refractivity contribution >= 4 is 117 Å². The van der Waals surface area contributed by atoms with E-state index in [4.69, 9.17) is 47.4 Å². The zero-order valence-corrected chi connectivity index (χ0v) is 76.7. The SMILES string of the molecule is CCCCCCCCCCCCCCCCCCC(=O)NCCOCCOCC(=O)NCCOCCOCC(=O)NCCOCCOCC(=O)NCCOCCOCC(=O)NCCOCCOCC(=O)NCC(=O)N[C@@H](CC(=O)O)C(=O)N[C@@H](Cc1ccc(O)cc1)C(=O)N[C@@H](CCSC)C(=O)NCC(=O)N[C@@H](Cc1c[nH]c2ccccc12)C(=O)N[C@@H](CCSC)C(=O)O. The molecular formula is C87H141N13O27S2. The summed E-state index contributed by atoms with van der Waals surface area (Å²) in [6, 6.07) is 5.48. The predicted octanol–water partition coefficient (Wildman–Crippen LogP) is 1.78. The lowest BCUT2D eigenvalue weighted by Crippen LogP contribution is -2.58. The van der Waals surface area contributed by atoms with Crippen LogP contribution in [-0.4, -0.2) is 335 Å². The van der Waals surface area contributed by atoms with E-state index in [0.717, 1.165) is 23.7 Å². The fourth-order valence-electron chi connectivity index (χ4n) is 12.4. The van der Waals surface area contributed by atoms with Gasteiger partial charge in [-0.05, 0) is 72.6 Å². The monoisotopic (exact) mass is 1860 g/mol. The lowest BCUT2D eigenvalue weighted by atomic mass is 10.0. The standard InChI is InChI=1S/C87H141N13O27S2/c1-4-5-6-7-8-9-10-11-12-13-14-15-16-17-18-19-24-74(102)88-31-36-118-41-46-123-59-77(105)89-32-37-119-42-47-124-60-78(106)90-33-38-120-43-48-125-61-79(107)91-34-39-121-44-49-126-62-80(108)92-35-40-122-45-50-127-63-81(109)94-57-75(103)97-73(55-82(110)111)86(115)100-71(53-64-25-27-66(101)28-26-64)84(113)98-69(29-51-128-2)83(112)95-58-76(104)96-72(85(114)99-70(87(116)117)30-52-129-3)54-65-56-93-68-23-21-20-22-67(65)68/h20-23,25-28,56,69-73,93,101H,4-19,24,29-55,57-63H2,1-3H3,(H,88,102)(H,89,105)(H,90,106)(H,91,107)(H,92,108)(H,94,109)(H,95,112)(H,96,104)(H,97,103)(H,98,113)(H,99,114)(H,100,115)(H,110,111)(H,116,117)/t69-,70-,71-,72-,73-/m0/s1. The number of benzene rings is 2. The van der Waals surface area contributed by atoms with Crippen molar-refractivity contribution in [2.75, 3.05) is 202 Å². The predicted molar refractivity (Wildman–Crippen MR) is 483 cm³/mol. The number of H-pyrrole nitrogens is 1. The minimum Gasteiger partial charge on any atom is -0.508 e. The summed E-state index contributed by atoms with van der Waals surface area (Å²) in [7, 11) is 0. The van der Waals surface area contributed by atoms with Gasteiger partial charge in [-0.2, -0.15) is 23.5 Å².